The Labute approximate surface area is 115 Å². The van der Waals surface area contributed by atoms with E-state index in [9.17, 15) is 8.42 Å². The Hall–Kier alpha value is -1.11. The molecule has 1 aromatic rings. The van der Waals surface area contributed by atoms with Gasteiger partial charge in [-0.1, -0.05) is 13.8 Å². The van der Waals surface area contributed by atoms with E-state index in [2.05, 4.69) is 23.9 Å². The predicted molar refractivity (Wildman–Crippen MR) is 75.9 cm³/mol. The first-order valence-corrected chi connectivity index (χ1v) is 7.81. The van der Waals surface area contributed by atoms with Crippen molar-refractivity contribution in [3.8, 4) is 5.75 Å². The van der Waals surface area contributed by atoms with Crippen LogP contribution in [0, 0.1) is 0 Å². The highest BCUT2D eigenvalue weighted by Crippen LogP contribution is 2.15. The summed E-state index contributed by atoms with van der Waals surface area (Å²) >= 11 is 0. The first-order valence-electron chi connectivity index (χ1n) is 6.33. The summed E-state index contributed by atoms with van der Waals surface area (Å²) in [4.78, 5) is 0.255. The zero-order valence-corrected chi connectivity index (χ0v) is 12.5. The Bertz CT molecular complexity index is 469. The molecule has 2 N–H and O–H groups in total. The molecule has 0 fully saturated rings. The molecule has 0 aliphatic heterocycles. The average Bonchev–Trinajstić information content (AvgIpc) is 2.38. The van der Waals surface area contributed by atoms with Crippen LogP contribution in [-0.4, -0.2) is 34.7 Å². The molecule has 5 nitrogen and oxygen atoms in total. The van der Waals surface area contributed by atoms with Crippen LogP contribution in [0.2, 0.25) is 0 Å². The van der Waals surface area contributed by atoms with Crippen molar-refractivity contribution in [2.24, 2.45) is 0 Å². The number of ether oxygens (including phenoxy) is 1. The molecular formula is C13H22N2O3S. The largest absolute Gasteiger partial charge is 0.497 e. The number of sulfonamides is 1. The summed E-state index contributed by atoms with van der Waals surface area (Å²) in [6.45, 7) is 5.33. The van der Waals surface area contributed by atoms with Crippen molar-refractivity contribution in [1.29, 1.82) is 0 Å². The van der Waals surface area contributed by atoms with Crippen LogP contribution in [0.1, 0.15) is 20.3 Å². The van der Waals surface area contributed by atoms with Crippen molar-refractivity contribution >= 4 is 10.0 Å². The molecule has 0 saturated carbocycles. The van der Waals surface area contributed by atoms with Crippen molar-refractivity contribution in [2.75, 3.05) is 20.2 Å². The zero-order valence-electron chi connectivity index (χ0n) is 11.6. The fraction of sp³-hybridized carbons (Fsp3) is 0.538. The van der Waals surface area contributed by atoms with Crippen molar-refractivity contribution in [3.63, 3.8) is 0 Å². The summed E-state index contributed by atoms with van der Waals surface area (Å²) in [7, 11) is -1.87. The van der Waals surface area contributed by atoms with Crippen molar-refractivity contribution < 1.29 is 13.2 Å². The minimum absolute atomic E-state index is 0.255. The lowest BCUT2D eigenvalue weighted by Gasteiger charge is -2.09. The summed E-state index contributed by atoms with van der Waals surface area (Å²) in [5.41, 5.74) is 0. The maximum Gasteiger partial charge on any atom is 0.240 e. The lowest BCUT2D eigenvalue weighted by molar-refractivity contribution is 0.414. The highest BCUT2D eigenvalue weighted by molar-refractivity contribution is 7.89. The Morgan fingerprint density at radius 3 is 2.32 bits per heavy atom. The fourth-order valence-corrected chi connectivity index (χ4v) is 2.60. The average molecular weight is 286 g/mol. The van der Waals surface area contributed by atoms with Crippen LogP contribution in [0.15, 0.2) is 29.2 Å². The van der Waals surface area contributed by atoms with Gasteiger partial charge in [-0.2, -0.15) is 0 Å². The number of hydrogen-bond donors (Lipinski definition) is 2. The summed E-state index contributed by atoms with van der Waals surface area (Å²) in [6.07, 6.45) is 0.758. The minimum atomic E-state index is -3.42. The molecule has 0 unspecified atom stereocenters. The van der Waals surface area contributed by atoms with E-state index in [0.29, 0.717) is 18.3 Å². The second kappa shape index (κ2) is 7.47. The van der Waals surface area contributed by atoms with Gasteiger partial charge in [0, 0.05) is 12.6 Å². The molecule has 0 heterocycles. The SMILES string of the molecule is COc1ccc(S(=O)(=O)NCCCNC(C)C)cc1. The van der Waals surface area contributed by atoms with E-state index in [1.54, 1.807) is 19.2 Å². The molecule has 0 bridgehead atoms. The Balaban J connectivity index is 2.46. The number of nitrogens with one attached hydrogen (secondary N) is 2. The number of methoxy groups -OCH3 is 1. The van der Waals surface area contributed by atoms with E-state index in [1.165, 1.54) is 12.1 Å². The molecule has 0 amide bonds. The third-order valence-corrected chi connectivity index (χ3v) is 4.04. The molecule has 0 spiro atoms. The maximum absolute atomic E-state index is 12.0. The van der Waals surface area contributed by atoms with Gasteiger partial charge in [0.2, 0.25) is 10.0 Å². The van der Waals surface area contributed by atoms with Crippen LogP contribution in [0.3, 0.4) is 0 Å². The Morgan fingerprint density at radius 2 is 1.79 bits per heavy atom. The van der Waals surface area contributed by atoms with Crippen molar-refractivity contribution in [3.05, 3.63) is 24.3 Å². The summed E-state index contributed by atoms with van der Waals surface area (Å²) in [5, 5.41) is 3.24. The Kier molecular flexibility index (Phi) is 6.27. The standard InChI is InChI=1S/C13H22N2O3S/c1-11(2)14-9-4-10-15-19(16,17)13-7-5-12(18-3)6-8-13/h5-8,11,14-15H,4,9-10H2,1-3H3. The first kappa shape index (κ1) is 15.9. The lowest BCUT2D eigenvalue weighted by atomic mass is 10.3. The monoisotopic (exact) mass is 286 g/mol. The quantitative estimate of drug-likeness (QED) is 0.708. The molecule has 0 saturated heterocycles. The molecule has 0 aliphatic rings. The van der Waals surface area contributed by atoms with Crippen LogP contribution in [0.25, 0.3) is 0 Å². The van der Waals surface area contributed by atoms with E-state index in [4.69, 9.17) is 4.74 Å². The van der Waals surface area contributed by atoms with Gasteiger partial charge in [0.05, 0.1) is 12.0 Å². The van der Waals surface area contributed by atoms with Crippen molar-refractivity contribution in [1.82, 2.24) is 10.0 Å². The van der Waals surface area contributed by atoms with Crippen molar-refractivity contribution in [2.45, 2.75) is 31.2 Å². The smallest absolute Gasteiger partial charge is 0.240 e. The van der Waals surface area contributed by atoms with Gasteiger partial charge >= 0.3 is 0 Å². The third-order valence-electron chi connectivity index (χ3n) is 2.57. The topological polar surface area (TPSA) is 67.4 Å². The summed E-state index contributed by atoms with van der Waals surface area (Å²) in [5.74, 6) is 0.639. The first-order chi connectivity index (χ1) is 8.95. The highest BCUT2D eigenvalue weighted by Gasteiger charge is 2.12. The van der Waals surface area contributed by atoms with Crippen LogP contribution in [-0.2, 0) is 10.0 Å². The van der Waals surface area contributed by atoms with Gasteiger partial charge in [0.25, 0.3) is 0 Å². The molecular weight excluding hydrogens is 264 g/mol. The minimum Gasteiger partial charge on any atom is -0.497 e. The van der Waals surface area contributed by atoms with E-state index in [0.717, 1.165) is 13.0 Å². The predicted octanol–water partition coefficient (Wildman–Crippen LogP) is 1.36. The van der Waals surface area contributed by atoms with Crippen LogP contribution in [0.5, 0.6) is 5.75 Å². The molecule has 1 rings (SSSR count). The van der Waals surface area contributed by atoms with Gasteiger partial charge in [-0.05, 0) is 37.2 Å². The third kappa shape index (κ3) is 5.59. The second-order valence-corrected chi connectivity index (χ2v) is 6.30. The van der Waals surface area contributed by atoms with Gasteiger partial charge in [-0.25, -0.2) is 13.1 Å². The Morgan fingerprint density at radius 1 is 1.16 bits per heavy atom. The van der Waals surface area contributed by atoms with Gasteiger partial charge in [0.1, 0.15) is 5.75 Å². The molecule has 1 aromatic carbocycles. The van der Waals surface area contributed by atoms with Crippen LogP contribution in [0.4, 0.5) is 0 Å². The lowest BCUT2D eigenvalue weighted by Crippen LogP contribution is -2.29. The molecule has 19 heavy (non-hydrogen) atoms. The van der Waals surface area contributed by atoms with Gasteiger partial charge < -0.3 is 10.1 Å². The molecule has 0 atom stereocenters. The van der Waals surface area contributed by atoms with Gasteiger partial charge in [0.15, 0.2) is 0 Å². The normalized spacial score (nSPS) is 11.8. The molecule has 108 valence electrons. The number of rotatable bonds is 8. The van der Waals surface area contributed by atoms with E-state index >= 15 is 0 Å². The number of benzene rings is 1. The second-order valence-electron chi connectivity index (χ2n) is 4.54. The van der Waals surface area contributed by atoms with E-state index < -0.39 is 10.0 Å². The fourth-order valence-electron chi connectivity index (χ4n) is 1.52. The number of hydrogen-bond acceptors (Lipinski definition) is 4. The molecule has 6 heteroatoms. The molecule has 0 aliphatic carbocycles. The maximum atomic E-state index is 12.0. The molecule has 0 aromatic heterocycles. The summed E-state index contributed by atoms with van der Waals surface area (Å²) < 4.78 is 31.5. The highest BCUT2D eigenvalue weighted by atomic mass is 32.2. The van der Waals surface area contributed by atoms with Crippen LogP contribution < -0.4 is 14.8 Å². The van der Waals surface area contributed by atoms with Crippen LogP contribution >= 0.6 is 0 Å². The van der Waals surface area contributed by atoms with E-state index in [1.807, 2.05) is 0 Å². The summed E-state index contributed by atoms with van der Waals surface area (Å²) in [6, 6.07) is 6.75. The van der Waals surface area contributed by atoms with Gasteiger partial charge in [-0.15, -0.1) is 0 Å². The molecule has 0 radical (unpaired) electrons. The van der Waals surface area contributed by atoms with E-state index in [-0.39, 0.29) is 4.90 Å². The van der Waals surface area contributed by atoms with Gasteiger partial charge in [-0.3, -0.25) is 0 Å². The zero-order chi connectivity index (χ0) is 14.3.